The molecule has 2 heterocycles. The van der Waals surface area contributed by atoms with Crippen LogP contribution in [0.3, 0.4) is 0 Å². The van der Waals surface area contributed by atoms with Gasteiger partial charge in [-0.15, -0.1) is 0 Å². The molecule has 4 unspecified atom stereocenters. The molecule has 0 aromatic heterocycles. The number of rotatable bonds is 8. The van der Waals surface area contributed by atoms with Crippen LogP contribution in [0.5, 0.6) is 0 Å². The summed E-state index contributed by atoms with van der Waals surface area (Å²) in [7, 11) is 0. The molecule has 0 aromatic carbocycles. The van der Waals surface area contributed by atoms with Crippen molar-refractivity contribution in [3.05, 3.63) is 0 Å². The topological polar surface area (TPSA) is 219 Å². The van der Waals surface area contributed by atoms with E-state index in [0.717, 1.165) is 0 Å². The van der Waals surface area contributed by atoms with E-state index in [4.69, 9.17) is 18.9 Å². The van der Waals surface area contributed by atoms with Crippen molar-refractivity contribution in [3.63, 3.8) is 0 Å². The fraction of sp³-hybridized carbons (Fsp3) is 1.00. The lowest BCUT2D eigenvalue weighted by Crippen LogP contribution is -2.64. The average Bonchev–Trinajstić information content (AvgIpc) is 2.69. The standard InChI is InChI=1S/C17H32O13/c1-17(2,26)8(20)5-27-14-7(4-19)29-16(13(25)11(14)23)30-15-12(24)10(22)9(21)6(3-18)28-15/h6-16,18-26H,3-5H2,1-2H3/t6-,7?,8+,9-,10?,11-,12?,13?,14-,15-,16-/m1/s1. The molecule has 0 amide bonds. The molecule has 11 atom stereocenters. The zero-order valence-electron chi connectivity index (χ0n) is 16.6. The van der Waals surface area contributed by atoms with Gasteiger partial charge in [0.25, 0.3) is 0 Å². The molecular weight excluding hydrogens is 412 g/mol. The molecule has 2 rings (SSSR count). The van der Waals surface area contributed by atoms with Crippen LogP contribution in [0.4, 0.5) is 0 Å². The Kier molecular flexibility index (Phi) is 8.92. The van der Waals surface area contributed by atoms with E-state index in [2.05, 4.69) is 0 Å². The van der Waals surface area contributed by atoms with E-state index in [1.165, 1.54) is 13.8 Å². The second kappa shape index (κ2) is 10.4. The molecule has 0 aromatic rings. The first-order valence-corrected chi connectivity index (χ1v) is 9.52. The van der Waals surface area contributed by atoms with Crippen LogP contribution in [-0.4, -0.2) is 139 Å². The Morgan fingerprint density at radius 1 is 0.800 bits per heavy atom. The Morgan fingerprint density at radius 2 is 1.30 bits per heavy atom. The molecule has 2 aliphatic rings. The highest BCUT2D eigenvalue weighted by Gasteiger charge is 2.50. The van der Waals surface area contributed by atoms with Gasteiger partial charge in [-0.3, -0.25) is 0 Å². The number of hydrogen-bond donors (Lipinski definition) is 9. The van der Waals surface area contributed by atoms with Crippen LogP contribution in [0, 0.1) is 0 Å². The van der Waals surface area contributed by atoms with Crippen molar-refractivity contribution in [1.29, 1.82) is 0 Å². The third-order valence-corrected chi connectivity index (χ3v) is 5.20. The van der Waals surface area contributed by atoms with Gasteiger partial charge in [-0.25, -0.2) is 0 Å². The molecular formula is C17H32O13. The van der Waals surface area contributed by atoms with Gasteiger partial charge < -0.3 is 64.9 Å². The first kappa shape index (κ1) is 25.7. The summed E-state index contributed by atoms with van der Waals surface area (Å²) in [6, 6.07) is 0. The van der Waals surface area contributed by atoms with Crippen LogP contribution >= 0.6 is 0 Å². The lowest BCUT2D eigenvalue weighted by Gasteiger charge is -2.45. The van der Waals surface area contributed by atoms with E-state index in [9.17, 15) is 46.0 Å². The summed E-state index contributed by atoms with van der Waals surface area (Å²) in [5, 5.41) is 88.8. The number of hydrogen-bond acceptors (Lipinski definition) is 13. The number of aliphatic hydroxyl groups excluding tert-OH is 8. The minimum atomic E-state index is -1.76. The van der Waals surface area contributed by atoms with Crippen LogP contribution < -0.4 is 0 Å². The predicted octanol–water partition coefficient (Wildman–Crippen LogP) is -5.24. The predicted molar refractivity (Wildman–Crippen MR) is 94.7 cm³/mol. The summed E-state index contributed by atoms with van der Waals surface area (Å²) in [5.74, 6) is 0. The van der Waals surface area contributed by atoms with Gasteiger partial charge in [0.2, 0.25) is 0 Å². The summed E-state index contributed by atoms with van der Waals surface area (Å²) in [6.45, 7) is 0.882. The minimum absolute atomic E-state index is 0.434. The third kappa shape index (κ3) is 5.63. The first-order chi connectivity index (χ1) is 13.9. The third-order valence-electron chi connectivity index (χ3n) is 5.20. The molecule has 13 heteroatoms. The Labute approximate surface area is 172 Å². The molecule has 0 saturated carbocycles. The van der Waals surface area contributed by atoms with Crippen molar-refractivity contribution >= 4 is 0 Å². The van der Waals surface area contributed by atoms with Crippen molar-refractivity contribution < 1.29 is 64.9 Å². The van der Waals surface area contributed by atoms with Crippen molar-refractivity contribution in [1.82, 2.24) is 0 Å². The molecule has 0 aliphatic carbocycles. The second-order valence-corrected chi connectivity index (χ2v) is 8.01. The lowest BCUT2D eigenvalue weighted by molar-refractivity contribution is -0.379. The van der Waals surface area contributed by atoms with Crippen molar-refractivity contribution in [3.8, 4) is 0 Å². The lowest BCUT2D eigenvalue weighted by atomic mass is 9.97. The van der Waals surface area contributed by atoms with E-state index in [0.29, 0.717) is 0 Å². The Hall–Kier alpha value is -0.520. The highest BCUT2D eigenvalue weighted by atomic mass is 16.8. The molecule has 2 fully saturated rings. The molecule has 178 valence electrons. The Balaban J connectivity index is 2.05. The molecule has 2 saturated heterocycles. The molecule has 2 aliphatic heterocycles. The van der Waals surface area contributed by atoms with Gasteiger partial charge >= 0.3 is 0 Å². The Bertz CT molecular complexity index is 524. The molecule has 13 nitrogen and oxygen atoms in total. The number of aliphatic hydroxyl groups is 9. The fourth-order valence-electron chi connectivity index (χ4n) is 3.09. The first-order valence-electron chi connectivity index (χ1n) is 9.52. The SMILES string of the molecule is CC(C)(O)[C@@H](O)CO[C@@H]1C(CO)O[C@H](O[C@H]2O[C@H](CO)[C@@H](O)C(O)C2O)C(O)[C@H]1O. The largest absolute Gasteiger partial charge is 0.394 e. The van der Waals surface area contributed by atoms with Gasteiger partial charge in [0, 0.05) is 0 Å². The van der Waals surface area contributed by atoms with Crippen molar-refractivity contribution in [2.45, 2.75) is 87.0 Å². The van der Waals surface area contributed by atoms with Crippen LogP contribution in [-0.2, 0) is 18.9 Å². The summed E-state index contributed by atoms with van der Waals surface area (Å²) in [4.78, 5) is 0. The van der Waals surface area contributed by atoms with Crippen LogP contribution in [0.15, 0.2) is 0 Å². The summed E-state index contributed by atoms with van der Waals surface area (Å²) in [5.41, 5.74) is -1.50. The van der Waals surface area contributed by atoms with E-state index in [-0.39, 0.29) is 0 Å². The van der Waals surface area contributed by atoms with E-state index in [1.807, 2.05) is 0 Å². The summed E-state index contributed by atoms with van der Waals surface area (Å²) in [6.07, 6.45) is -16.9. The van der Waals surface area contributed by atoms with Crippen LogP contribution in [0.1, 0.15) is 13.8 Å². The maximum Gasteiger partial charge on any atom is 0.189 e. The summed E-state index contributed by atoms with van der Waals surface area (Å²) < 4.78 is 21.2. The monoisotopic (exact) mass is 444 g/mol. The maximum atomic E-state index is 10.4. The van der Waals surface area contributed by atoms with Crippen LogP contribution in [0.25, 0.3) is 0 Å². The van der Waals surface area contributed by atoms with Gasteiger partial charge in [-0.05, 0) is 13.8 Å². The van der Waals surface area contributed by atoms with Gasteiger partial charge in [0.15, 0.2) is 12.6 Å². The van der Waals surface area contributed by atoms with Crippen molar-refractivity contribution in [2.75, 3.05) is 19.8 Å². The molecule has 30 heavy (non-hydrogen) atoms. The molecule has 0 spiro atoms. The quantitative estimate of drug-likeness (QED) is 0.171. The number of ether oxygens (including phenoxy) is 4. The van der Waals surface area contributed by atoms with E-state index < -0.39 is 92.9 Å². The fourth-order valence-corrected chi connectivity index (χ4v) is 3.09. The Morgan fingerprint density at radius 3 is 1.80 bits per heavy atom. The normalized spacial score (nSPS) is 44.1. The van der Waals surface area contributed by atoms with Gasteiger partial charge in [-0.2, -0.15) is 0 Å². The van der Waals surface area contributed by atoms with Gasteiger partial charge in [-0.1, -0.05) is 0 Å². The zero-order chi connectivity index (χ0) is 22.8. The summed E-state index contributed by atoms with van der Waals surface area (Å²) >= 11 is 0. The maximum absolute atomic E-state index is 10.4. The highest BCUT2D eigenvalue weighted by molar-refractivity contribution is 4.93. The van der Waals surface area contributed by atoms with Gasteiger partial charge in [0.1, 0.15) is 54.9 Å². The van der Waals surface area contributed by atoms with Crippen molar-refractivity contribution in [2.24, 2.45) is 0 Å². The zero-order valence-corrected chi connectivity index (χ0v) is 16.6. The smallest absolute Gasteiger partial charge is 0.189 e. The molecule has 0 bridgehead atoms. The average molecular weight is 444 g/mol. The van der Waals surface area contributed by atoms with Gasteiger partial charge in [0.05, 0.1) is 25.4 Å². The van der Waals surface area contributed by atoms with E-state index >= 15 is 0 Å². The second-order valence-electron chi connectivity index (χ2n) is 8.01. The minimum Gasteiger partial charge on any atom is -0.394 e. The van der Waals surface area contributed by atoms with Crippen LogP contribution in [0.2, 0.25) is 0 Å². The molecule has 0 radical (unpaired) electrons. The molecule has 9 N–H and O–H groups in total. The highest BCUT2D eigenvalue weighted by Crippen LogP contribution is 2.29. The van der Waals surface area contributed by atoms with E-state index in [1.54, 1.807) is 0 Å².